The van der Waals surface area contributed by atoms with E-state index >= 15 is 0 Å². The van der Waals surface area contributed by atoms with Gasteiger partial charge in [-0.25, -0.2) is 4.31 Å². The fraction of sp³-hybridized carbons (Fsp3) is 1.00. The van der Waals surface area contributed by atoms with Crippen LogP contribution in [0.3, 0.4) is 0 Å². The molecule has 1 fully saturated rings. The molecule has 4 heteroatoms. The predicted octanol–water partition coefficient (Wildman–Crippen LogP) is 0.572. The second-order valence-electron chi connectivity index (χ2n) is 4.66. The van der Waals surface area contributed by atoms with Crippen LogP contribution < -0.4 is 4.31 Å². The van der Waals surface area contributed by atoms with Crippen molar-refractivity contribution in [2.75, 3.05) is 6.26 Å². The summed E-state index contributed by atoms with van der Waals surface area (Å²) in [4.78, 5) is 0. The Kier molecular flexibility index (Phi) is 3.95. The second kappa shape index (κ2) is 4.62. The maximum Gasteiger partial charge on any atom is 0.293 e. The molecule has 0 aromatic rings. The molecule has 0 saturated heterocycles. The first-order chi connectivity index (χ1) is 6.43. The second-order valence-corrected chi connectivity index (χ2v) is 6.68. The quantitative estimate of drug-likeness (QED) is 0.755. The minimum atomic E-state index is -2.95. The van der Waals surface area contributed by atoms with Crippen LogP contribution >= 0.6 is 0 Å². The standard InChI is InChI=1S/C10H21NO2S/c1-9(2)11(14(3,12)13)10-7-5-4-6-8-10/h9-10H,4-8H2,1-3H3/p+1. The Morgan fingerprint density at radius 1 is 1.14 bits per heavy atom. The van der Waals surface area contributed by atoms with Gasteiger partial charge in [-0.3, -0.25) is 0 Å². The van der Waals surface area contributed by atoms with Crippen molar-refractivity contribution in [3.8, 4) is 0 Å². The maximum atomic E-state index is 11.6. The average Bonchev–Trinajstić information content (AvgIpc) is 2.02. The van der Waals surface area contributed by atoms with Crippen molar-refractivity contribution in [2.45, 2.75) is 58.0 Å². The molecule has 1 N–H and O–H groups in total. The Bertz CT molecular complexity index is 266. The minimum Gasteiger partial charge on any atom is -0.225 e. The molecule has 0 aromatic carbocycles. The molecule has 3 nitrogen and oxygen atoms in total. The van der Waals surface area contributed by atoms with Gasteiger partial charge in [-0.1, -0.05) is 6.42 Å². The number of sulfonamides is 1. The summed E-state index contributed by atoms with van der Waals surface area (Å²) in [5.74, 6) is 0. The molecule has 0 heterocycles. The van der Waals surface area contributed by atoms with Gasteiger partial charge in [0, 0.05) is 12.8 Å². The zero-order valence-corrected chi connectivity index (χ0v) is 10.2. The lowest BCUT2D eigenvalue weighted by molar-refractivity contribution is -0.822. The van der Waals surface area contributed by atoms with E-state index in [4.69, 9.17) is 0 Å². The molecule has 84 valence electrons. The molecule has 1 unspecified atom stereocenters. The van der Waals surface area contributed by atoms with Gasteiger partial charge in [0.1, 0.15) is 6.04 Å². The van der Waals surface area contributed by atoms with E-state index in [1.54, 1.807) is 0 Å². The monoisotopic (exact) mass is 220 g/mol. The molecule has 0 amide bonds. The van der Waals surface area contributed by atoms with Crippen LogP contribution in [0.5, 0.6) is 0 Å². The zero-order chi connectivity index (χ0) is 10.8. The van der Waals surface area contributed by atoms with Crippen molar-refractivity contribution >= 4 is 10.0 Å². The Hall–Kier alpha value is -0.0900. The Morgan fingerprint density at radius 2 is 1.64 bits per heavy atom. The summed E-state index contributed by atoms with van der Waals surface area (Å²) in [5, 5.41) is 0. The number of quaternary nitrogens is 1. The van der Waals surface area contributed by atoms with E-state index < -0.39 is 10.0 Å². The lowest BCUT2D eigenvalue weighted by atomic mass is 9.95. The van der Waals surface area contributed by atoms with Gasteiger partial charge >= 0.3 is 0 Å². The normalized spacial score (nSPS) is 22.6. The van der Waals surface area contributed by atoms with E-state index in [1.165, 1.54) is 25.5 Å². The number of hydrogen-bond acceptors (Lipinski definition) is 2. The van der Waals surface area contributed by atoms with E-state index in [9.17, 15) is 8.42 Å². The molecule has 1 rings (SSSR count). The molecule has 1 saturated carbocycles. The third-order valence-corrected chi connectivity index (χ3v) is 4.67. The largest absolute Gasteiger partial charge is 0.293 e. The molecule has 0 bridgehead atoms. The van der Waals surface area contributed by atoms with Crippen LogP contribution in [-0.4, -0.2) is 26.8 Å². The van der Waals surface area contributed by atoms with Crippen molar-refractivity contribution in [3.05, 3.63) is 0 Å². The van der Waals surface area contributed by atoms with Crippen LogP contribution in [0, 0.1) is 0 Å². The molecule has 1 aliphatic carbocycles. The fourth-order valence-electron chi connectivity index (χ4n) is 2.59. The van der Waals surface area contributed by atoms with Crippen molar-refractivity contribution < 1.29 is 12.7 Å². The molecular formula is C10H22NO2S+. The highest BCUT2D eigenvalue weighted by molar-refractivity contribution is 7.84. The van der Waals surface area contributed by atoms with Gasteiger partial charge in [-0.05, 0) is 26.7 Å². The van der Waals surface area contributed by atoms with E-state index in [0.717, 1.165) is 17.1 Å². The summed E-state index contributed by atoms with van der Waals surface area (Å²) in [6.45, 7) is 3.98. The summed E-state index contributed by atoms with van der Waals surface area (Å²) in [6.07, 6.45) is 7.15. The summed E-state index contributed by atoms with van der Waals surface area (Å²) >= 11 is 0. The van der Waals surface area contributed by atoms with Gasteiger partial charge in [0.15, 0.2) is 0 Å². The Balaban J connectivity index is 2.76. The van der Waals surface area contributed by atoms with Crippen LogP contribution in [0.2, 0.25) is 0 Å². The van der Waals surface area contributed by atoms with Gasteiger partial charge < -0.3 is 0 Å². The van der Waals surface area contributed by atoms with Crippen LogP contribution in [0.25, 0.3) is 0 Å². The maximum absolute atomic E-state index is 11.6. The van der Waals surface area contributed by atoms with Crippen LogP contribution in [0.1, 0.15) is 46.0 Å². The van der Waals surface area contributed by atoms with Crippen molar-refractivity contribution in [1.82, 2.24) is 0 Å². The number of nitrogens with one attached hydrogen (secondary N) is 1. The summed E-state index contributed by atoms with van der Waals surface area (Å²) < 4.78 is 24.1. The SMILES string of the molecule is CC(C)[NH+](C1CCCCC1)S(C)(=O)=O. The molecule has 0 radical (unpaired) electrons. The molecule has 1 aliphatic rings. The molecule has 0 spiro atoms. The van der Waals surface area contributed by atoms with Crippen LogP contribution in [0.15, 0.2) is 0 Å². The highest BCUT2D eigenvalue weighted by Gasteiger charge is 2.33. The topological polar surface area (TPSA) is 38.6 Å². The molecule has 0 aromatic heterocycles. The van der Waals surface area contributed by atoms with E-state index in [2.05, 4.69) is 0 Å². The van der Waals surface area contributed by atoms with Crippen molar-refractivity contribution in [1.29, 1.82) is 0 Å². The molecule has 1 atom stereocenters. The van der Waals surface area contributed by atoms with Crippen LogP contribution in [0.4, 0.5) is 0 Å². The van der Waals surface area contributed by atoms with E-state index in [0.29, 0.717) is 6.04 Å². The number of hydrogen-bond donors (Lipinski definition) is 1. The highest BCUT2D eigenvalue weighted by Crippen LogP contribution is 2.16. The average molecular weight is 220 g/mol. The van der Waals surface area contributed by atoms with Gasteiger partial charge in [-0.15, -0.1) is 0 Å². The lowest BCUT2D eigenvalue weighted by Gasteiger charge is -2.31. The first-order valence-electron chi connectivity index (χ1n) is 5.49. The van der Waals surface area contributed by atoms with E-state index in [1.807, 2.05) is 13.8 Å². The summed E-state index contributed by atoms with van der Waals surface area (Å²) in [5.41, 5.74) is 0. The Labute approximate surface area is 87.5 Å². The summed E-state index contributed by atoms with van der Waals surface area (Å²) in [7, 11) is -2.95. The highest BCUT2D eigenvalue weighted by atomic mass is 32.2. The van der Waals surface area contributed by atoms with Gasteiger partial charge in [0.2, 0.25) is 0 Å². The molecule has 0 aliphatic heterocycles. The first kappa shape index (κ1) is 12.0. The third-order valence-electron chi connectivity index (χ3n) is 3.00. The Morgan fingerprint density at radius 3 is 2.00 bits per heavy atom. The first-order valence-corrected chi connectivity index (χ1v) is 7.39. The van der Waals surface area contributed by atoms with Gasteiger partial charge in [0.05, 0.1) is 12.3 Å². The van der Waals surface area contributed by atoms with Gasteiger partial charge in [0.25, 0.3) is 10.0 Å². The zero-order valence-electron chi connectivity index (χ0n) is 9.41. The van der Waals surface area contributed by atoms with Crippen LogP contribution in [-0.2, 0) is 10.0 Å². The third kappa shape index (κ3) is 2.95. The number of rotatable bonds is 3. The molecule has 14 heavy (non-hydrogen) atoms. The van der Waals surface area contributed by atoms with Gasteiger partial charge in [-0.2, -0.15) is 8.42 Å². The van der Waals surface area contributed by atoms with Crippen molar-refractivity contribution in [3.63, 3.8) is 0 Å². The van der Waals surface area contributed by atoms with Crippen molar-refractivity contribution in [2.24, 2.45) is 0 Å². The molecular weight excluding hydrogens is 198 g/mol. The smallest absolute Gasteiger partial charge is 0.225 e. The minimum absolute atomic E-state index is 0.174. The fourth-order valence-corrected chi connectivity index (χ4v) is 4.29. The van der Waals surface area contributed by atoms with E-state index in [-0.39, 0.29) is 6.04 Å². The summed E-state index contributed by atoms with van der Waals surface area (Å²) in [6, 6.07) is 0.506. The lowest BCUT2D eigenvalue weighted by Crippen LogP contribution is -3.20. The predicted molar refractivity (Wildman–Crippen MR) is 57.8 cm³/mol.